The molecule has 0 aliphatic rings. The molecule has 0 saturated heterocycles. The maximum atomic E-state index is 11.5. The fourth-order valence-electron chi connectivity index (χ4n) is 1.05. The Hall–Kier alpha value is -0.100. The van der Waals surface area contributed by atoms with Gasteiger partial charge in [0.2, 0.25) is 5.91 Å². The highest BCUT2D eigenvalue weighted by Crippen LogP contribution is 2.20. The van der Waals surface area contributed by atoms with E-state index in [1.807, 2.05) is 25.3 Å². The van der Waals surface area contributed by atoms with E-state index in [-0.39, 0.29) is 24.2 Å². The molecule has 1 heterocycles. The summed E-state index contributed by atoms with van der Waals surface area (Å²) >= 11 is 4.98. The number of hydrogen-bond acceptors (Lipinski definition) is 3. The molecule has 0 saturated carbocycles. The second kappa shape index (κ2) is 7.27. The van der Waals surface area contributed by atoms with Gasteiger partial charge >= 0.3 is 0 Å². The maximum absolute atomic E-state index is 11.5. The Kier molecular flexibility index (Phi) is 7.22. The van der Waals surface area contributed by atoms with Crippen molar-refractivity contribution in [2.45, 2.75) is 26.4 Å². The van der Waals surface area contributed by atoms with Crippen molar-refractivity contribution in [1.82, 2.24) is 5.32 Å². The molecule has 6 heteroatoms. The third-order valence-corrected chi connectivity index (χ3v) is 3.66. The fraction of sp³-hybridized carbons (Fsp3) is 0.500. The van der Waals surface area contributed by atoms with Crippen molar-refractivity contribution < 1.29 is 4.79 Å². The molecule has 0 aliphatic heterocycles. The first kappa shape index (κ1) is 15.9. The summed E-state index contributed by atoms with van der Waals surface area (Å²) in [6.07, 6.45) is 0. The Balaban J connectivity index is 0.00000225. The molecule has 0 radical (unpaired) electrons. The van der Waals surface area contributed by atoms with Crippen LogP contribution in [0.1, 0.15) is 19.4 Å². The van der Waals surface area contributed by atoms with E-state index in [1.165, 1.54) is 0 Å². The molecule has 1 amide bonds. The lowest BCUT2D eigenvalue weighted by Gasteiger charge is -2.14. The predicted molar refractivity (Wildman–Crippen MR) is 73.9 cm³/mol. The Morgan fingerprint density at radius 2 is 2.25 bits per heavy atom. The van der Waals surface area contributed by atoms with Crippen LogP contribution in [0.2, 0.25) is 0 Å². The molecule has 0 bridgehead atoms. The summed E-state index contributed by atoms with van der Waals surface area (Å²) in [5, 5.41) is 4.82. The van der Waals surface area contributed by atoms with E-state index < -0.39 is 6.04 Å². The molecule has 1 rings (SSSR count). The van der Waals surface area contributed by atoms with E-state index in [1.54, 1.807) is 11.3 Å². The molecule has 0 spiro atoms. The van der Waals surface area contributed by atoms with Crippen molar-refractivity contribution in [3.8, 4) is 0 Å². The lowest BCUT2D eigenvalue weighted by Crippen LogP contribution is -2.43. The highest BCUT2D eigenvalue weighted by molar-refractivity contribution is 9.11. The van der Waals surface area contributed by atoms with Crippen molar-refractivity contribution in [3.05, 3.63) is 20.8 Å². The van der Waals surface area contributed by atoms with E-state index in [9.17, 15) is 4.79 Å². The molecule has 0 aromatic carbocycles. The van der Waals surface area contributed by atoms with Gasteiger partial charge in [-0.05, 0) is 38.9 Å². The number of carbonyl (C=O) groups excluding carboxylic acids is 1. The van der Waals surface area contributed by atoms with Crippen LogP contribution in [0.3, 0.4) is 0 Å². The van der Waals surface area contributed by atoms with Gasteiger partial charge in [0.15, 0.2) is 0 Å². The average molecular weight is 328 g/mol. The van der Waals surface area contributed by atoms with Crippen molar-refractivity contribution in [2.24, 2.45) is 11.7 Å². The second-order valence-electron chi connectivity index (χ2n) is 3.75. The van der Waals surface area contributed by atoms with Crippen molar-refractivity contribution >= 4 is 45.6 Å². The summed E-state index contributed by atoms with van der Waals surface area (Å²) < 4.78 is 1.07. The van der Waals surface area contributed by atoms with Crippen LogP contribution >= 0.6 is 39.7 Å². The quantitative estimate of drug-likeness (QED) is 0.893. The van der Waals surface area contributed by atoms with Gasteiger partial charge in [-0.2, -0.15) is 0 Å². The summed E-state index contributed by atoms with van der Waals surface area (Å²) in [5.41, 5.74) is 6.80. The summed E-state index contributed by atoms with van der Waals surface area (Å²) in [6, 6.07) is 1.57. The van der Waals surface area contributed by atoms with Crippen LogP contribution in [-0.4, -0.2) is 11.9 Å². The fourth-order valence-corrected chi connectivity index (χ4v) is 2.26. The zero-order valence-corrected chi connectivity index (χ0v) is 12.4. The van der Waals surface area contributed by atoms with Crippen LogP contribution in [-0.2, 0) is 11.3 Å². The second-order valence-corrected chi connectivity index (χ2v) is 6.04. The summed E-state index contributed by atoms with van der Waals surface area (Å²) in [4.78, 5) is 11.5. The monoisotopic (exact) mass is 326 g/mol. The number of thiophene rings is 1. The lowest BCUT2D eigenvalue weighted by atomic mass is 10.1. The van der Waals surface area contributed by atoms with Gasteiger partial charge in [0.05, 0.1) is 9.83 Å². The first-order valence-electron chi connectivity index (χ1n) is 4.77. The Bertz CT molecular complexity index is 343. The molecular weight excluding hydrogens is 312 g/mol. The van der Waals surface area contributed by atoms with Gasteiger partial charge in [-0.1, -0.05) is 13.8 Å². The summed E-state index contributed by atoms with van der Waals surface area (Å²) in [5.74, 6) is 0.0755. The molecule has 1 aromatic rings. The molecule has 1 atom stereocenters. The highest BCUT2D eigenvalue weighted by Gasteiger charge is 2.16. The minimum absolute atomic E-state index is 0. The standard InChI is InChI=1S/C10H15BrN2OS.ClH/c1-6(2)9(12)10(14)13-4-7-3-8(11)15-5-7;/h3,5-6,9H,4,12H2,1-2H3,(H,13,14);1H. The van der Waals surface area contributed by atoms with Crippen LogP contribution < -0.4 is 11.1 Å². The molecule has 3 nitrogen and oxygen atoms in total. The smallest absolute Gasteiger partial charge is 0.237 e. The van der Waals surface area contributed by atoms with E-state index in [0.29, 0.717) is 6.54 Å². The molecule has 0 fully saturated rings. The lowest BCUT2D eigenvalue weighted by molar-refractivity contribution is -0.123. The Morgan fingerprint density at radius 1 is 1.62 bits per heavy atom. The molecule has 0 aliphatic carbocycles. The van der Waals surface area contributed by atoms with E-state index in [0.717, 1.165) is 9.35 Å². The first-order valence-corrected chi connectivity index (χ1v) is 6.44. The van der Waals surface area contributed by atoms with Gasteiger partial charge in [-0.25, -0.2) is 0 Å². The number of nitrogens with two attached hydrogens (primary N) is 1. The molecule has 1 unspecified atom stereocenters. The largest absolute Gasteiger partial charge is 0.351 e. The van der Waals surface area contributed by atoms with Crippen LogP contribution in [0.5, 0.6) is 0 Å². The van der Waals surface area contributed by atoms with Gasteiger partial charge in [-0.15, -0.1) is 23.7 Å². The first-order chi connectivity index (χ1) is 7.00. The van der Waals surface area contributed by atoms with Crippen LogP contribution in [0.4, 0.5) is 0 Å². The topological polar surface area (TPSA) is 55.1 Å². The molecule has 3 N–H and O–H groups in total. The number of rotatable bonds is 4. The zero-order chi connectivity index (χ0) is 11.4. The van der Waals surface area contributed by atoms with Crippen molar-refractivity contribution in [3.63, 3.8) is 0 Å². The number of halogens is 2. The van der Waals surface area contributed by atoms with E-state index in [2.05, 4.69) is 21.2 Å². The zero-order valence-electron chi connectivity index (χ0n) is 9.20. The van der Waals surface area contributed by atoms with Gasteiger partial charge in [0, 0.05) is 6.54 Å². The maximum Gasteiger partial charge on any atom is 0.237 e. The van der Waals surface area contributed by atoms with Gasteiger partial charge in [0.25, 0.3) is 0 Å². The summed E-state index contributed by atoms with van der Waals surface area (Å²) in [7, 11) is 0. The van der Waals surface area contributed by atoms with Crippen LogP contribution in [0, 0.1) is 5.92 Å². The Morgan fingerprint density at radius 3 is 2.69 bits per heavy atom. The molecular formula is C10H16BrClN2OS. The SMILES string of the molecule is CC(C)C(N)C(=O)NCc1csc(Br)c1.Cl. The molecule has 1 aromatic heterocycles. The number of nitrogens with one attached hydrogen (secondary N) is 1. The number of hydrogen-bond donors (Lipinski definition) is 2. The van der Waals surface area contributed by atoms with Crippen LogP contribution in [0.25, 0.3) is 0 Å². The minimum Gasteiger partial charge on any atom is -0.351 e. The normalized spacial score (nSPS) is 12.1. The predicted octanol–water partition coefficient (Wildman–Crippen LogP) is 2.53. The molecule has 16 heavy (non-hydrogen) atoms. The van der Waals surface area contributed by atoms with E-state index >= 15 is 0 Å². The number of amides is 1. The van der Waals surface area contributed by atoms with Gasteiger partial charge in [-0.3, -0.25) is 4.79 Å². The third kappa shape index (κ3) is 4.82. The Labute approximate surface area is 114 Å². The summed E-state index contributed by atoms with van der Waals surface area (Å²) in [6.45, 7) is 4.41. The minimum atomic E-state index is -0.424. The van der Waals surface area contributed by atoms with Gasteiger partial charge in [0.1, 0.15) is 0 Å². The number of carbonyl (C=O) groups is 1. The van der Waals surface area contributed by atoms with Crippen molar-refractivity contribution in [1.29, 1.82) is 0 Å². The van der Waals surface area contributed by atoms with Gasteiger partial charge < -0.3 is 11.1 Å². The molecule has 92 valence electrons. The third-order valence-electron chi connectivity index (χ3n) is 2.11. The van der Waals surface area contributed by atoms with E-state index in [4.69, 9.17) is 5.73 Å². The van der Waals surface area contributed by atoms with Crippen molar-refractivity contribution in [2.75, 3.05) is 0 Å². The average Bonchev–Trinajstić information content (AvgIpc) is 2.59. The van der Waals surface area contributed by atoms with Crippen LogP contribution in [0.15, 0.2) is 15.2 Å². The highest BCUT2D eigenvalue weighted by atomic mass is 79.9.